The third-order valence-electron chi connectivity index (χ3n) is 2.21. The van der Waals surface area contributed by atoms with E-state index in [-0.39, 0.29) is 30.1 Å². The second-order valence-corrected chi connectivity index (χ2v) is 3.34. The van der Waals surface area contributed by atoms with Crippen LogP contribution in [0.4, 0.5) is 0 Å². The van der Waals surface area contributed by atoms with Crippen LogP contribution in [0.15, 0.2) is 22.8 Å². The van der Waals surface area contributed by atoms with Crippen molar-refractivity contribution >= 4 is 11.9 Å². The van der Waals surface area contributed by atoms with E-state index in [1.165, 1.54) is 13.4 Å². The number of rotatable bonds is 5. The molecule has 16 heavy (non-hydrogen) atoms. The van der Waals surface area contributed by atoms with Crippen LogP contribution in [-0.2, 0) is 9.53 Å². The molecule has 0 radical (unpaired) electrons. The van der Waals surface area contributed by atoms with Crippen LogP contribution >= 0.6 is 0 Å². The van der Waals surface area contributed by atoms with Gasteiger partial charge in [0.25, 0.3) is 5.91 Å². The Morgan fingerprint density at radius 2 is 2.31 bits per heavy atom. The van der Waals surface area contributed by atoms with Crippen molar-refractivity contribution in [2.75, 3.05) is 7.11 Å². The largest absolute Gasteiger partial charge is 0.469 e. The first-order valence-corrected chi connectivity index (χ1v) is 5.08. The summed E-state index contributed by atoms with van der Waals surface area (Å²) >= 11 is 0. The molecule has 88 valence electrons. The second-order valence-electron chi connectivity index (χ2n) is 3.34. The van der Waals surface area contributed by atoms with E-state index in [4.69, 9.17) is 4.42 Å². The fourth-order valence-corrected chi connectivity index (χ4v) is 1.25. The molecule has 5 heteroatoms. The lowest BCUT2D eigenvalue weighted by Crippen LogP contribution is -2.36. The van der Waals surface area contributed by atoms with Gasteiger partial charge in [-0.3, -0.25) is 9.59 Å². The van der Waals surface area contributed by atoms with Crippen molar-refractivity contribution in [2.24, 2.45) is 0 Å². The number of hydrogen-bond acceptors (Lipinski definition) is 4. The molecule has 0 spiro atoms. The van der Waals surface area contributed by atoms with Gasteiger partial charge in [0.15, 0.2) is 5.76 Å². The Kier molecular flexibility index (Phi) is 4.57. The Morgan fingerprint density at radius 3 is 2.81 bits per heavy atom. The Bertz CT molecular complexity index is 345. The Balaban J connectivity index is 2.50. The number of nitrogens with one attached hydrogen (secondary N) is 1. The maximum Gasteiger partial charge on any atom is 0.307 e. The van der Waals surface area contributed by atoms with E-state index in [1.54, 1.807) is 12.1 Å². The van der Waals surface area contributed by atoms with Crippen molar-refractivity contribution in [2.45, 2.75) is 25.8 Å². The van der Waals surface area contributed by atoms with Gasteiger partial charge in [-0.15, -0.1) is 0 Å². The van der Waals surface area contributed by atoms with E-state index in [9.17, 15) is 9.59 Å². The monoisotopic (exact) mass is 225 g/mol. The summed E-state index contributed by atoms with van der Waals surface area (Å²) in [6, 6.07) is 2.97. The van der Waals surface area contributed by atoms with Crippen molar-refractivity contribution in [3.05, 3.63) is 24.2 Å². The topological polar surface area (TPSA) is 68.5 Å². The highest BCUT2D eigenvalue weighted by Crippen LogP contribution is 2.04. The van der Waals surface area contributed by atoms with Crippen LogP contribution in [0.1, 0.15) is 30.3 Å². The Labute approximate surface area is 93.8 Å². The van der Waals surface area contributed by atoms with Crippen molar-refractivity contribution in [1.82, 2.24) is 5.32 Å². The van der Waals surface area contributed by atoms with Gasteiger partial charge < -0.3 is 14.5 Å². The number of amides is 1. The van der Waals surface area contributed by atoms with Gasteiger partial charge in [0, 0.05) is 6.04 Å². The quantitative estimate of drug-likeness (QED) is 0.768. The molecular formula is C11H15NO4. The van der Waals surface area contributed by atoms with Crippen LogP contribution in [0, 0.1) is 0 Å². The first-order chi connectivity index (χ1) is 7.67. The van der Waals surface area contributed by atoms with Gasteiger partial charge in [-0.25, -0.2) is 0 Å². The van der Waals surface area contributed by atoms with Gasteiger partial charge >= 0.3 is 5.97 Å². The average molecular weight is 225 g/mol. The predicted molar refractivity (Wildman–Crippen MR) is 56.9 cm³/mol. The molecule has 0 saturated carbocycles. The normalized spacial score (nSPS) is 11.9. The van der Waals surface area contributed by atoms with Crippen molar-refractivity contribution in [3.8, 4) is 0 Å². The standard InChI is InChI=1S/C11H15NO4/c1-3-8(7-10(13)15-2)12-11(14)9-5-4-6-16-9/h4-6,8H,3,7H2,1-2H3,(H,12,14). The lowest BCUT2D eigenvalue weighted by atomic mass is 10.1. The molecule has 1 N–H and O–H groups in total. The summed E-state index contributed by atoms with van der Waals surface area (Å²) in [4.78, 5) is 22.6. The summed E-state index contributed by atoms with van der Waals surface area (Å²) in [6.07, 6.45) is 2.25. The van der Waals surface area contributed by atoms with Crippen LogP contribution in [0.2, 0.25) is 0 Å². The average Bonchev–Trinajstić information content (AvgIpc) is 2.81. The molecule has 0 fully saturated rings. The predicted octanol–water partition coefficient (Wildman–Crippen LogP) is 1.35. The summed E-state index contributed by atoms with van der Waals surface area (Å²) in [7, 11) is 1.32. The highest BCUT2D eigenvalue weighted by atomic mass is 16.5. The first kappa shape index (κ1) is 12.3. The lowest BCUT2D eigenvalue weighted by molar-refractivity contribution is -0.141. The zero-order valence-corrected chi connectivity index (χ0v) is 9.36. The van der Waals surface area contributed by atoms with Crippen molar-refractivity contribution in [3.63, 3.8) is 0 Å². The van der Waals surface area contributed by atoms with Gasteiger partial charge in [0.2, 0.25) is 0 Å². The van der Waals surface area contributed by atoms with Gasteiger partial charge in [-0.1, -0.05) is 6.92 Å². The van der Waals surface area contributed by atoms with Gasteiger partial charge in [0.1, 0.15) is 0 Å². The number of hydrogen-bond donors (Lipinski definition) is 1. The number of furan rings is 1. The van der Waals surface area contributed by atoms with Crippen molar-refractivity contribution < 1.29 is 18.7 Å². The molecule has 5 nitrogen and oxygen atoms in total. The summed E-state index contributed by atoms with van der Waals surface area (Å²) in [5.74, 6) is -0.421. The van der Waals surface area contributed by atoms with Crippen LogP contribution in [0.3, 0.4) is 0 Å². The molecule has 1 aromatic rings. The molecule has 0 bridgehead atoms. The molecule has 0 aliphatic heterocycles. The van der Waals surface area contributed by atoms with Crippen LogP contribution in [0.5, 0.6) is 0 Å². The molecule has 1 rings (SSSR count). The third-order valence-corrected chi connectivity index (χ3v) is 2.21. The van der Waals surface area contributed by atoms with E-state index in [0.29, 0.717) is 6.42 Å². The fraction of sp³-hybridized carbons (Fsp3) is 0.455. The van der Waals surface area contributed by atoms with Crippen LogP contribution in [-0.4, -0.2) is 25.0 Å². The molecule has 0 aromatic carbocycles. The van der Waals surface area contributed by atoms with Crippen LogP contribution < -0.4 is 5.32 Å². The molecular weight excluding hydrogens is 210 g/mol. The van der Waals surface area contributed by atoms with Gasteiger partial charge in [-0.2, -0.15) is 0 Å². The van der Waals surface area contributed by atoms with E-state index >= 15 is 0 Å². The fourth-order valence-electron chi connectivity index (χ4n) is 1.25. The second kappa shape index (κ2) is 5.95. The maximum atomic E-state index is 11.6. The SMILES string of the molecule is CCC(CC(=O)OC)NC(=O)c1ccco1. The van der Waals surface area contributed by atoms with Gasteiger partial charge in [0.05, 0.1) is 19.8 Å². The van der Waals surface area contributed by atoms with Crippen LogP contribution in [0.25, 0.3) is 0 Å². The summed E-state index contributed by atoms with van der Waals surface area (Å²) < 4.78 is 9.48. The summed E-state index contributed by atoms with van der Waals surface area (Å²) in [5, 5.41) is 2.70. The van der Waals surface area contributed by atoms with E-state index < -0.39 is 0 Å². The Morgan fingerprint density at radius 1 is 1.56 bits per heavy atom. The molecule has 1 amide bonds. The number of methoxy groups -OCH3 is 1. The molecule has 1 aromatic heterocycles. The number of carbonyl (C=O) groups excluding carboxylic acids is 2. The smallest absolute Gasteiger partial charge is 0.307 e. The molecule has 0 aliphatic rings. The van der Waals surface area contributed by atoms with E-state index in [1.807, 2.05) is 6.92 Å². The highest BCUT2D eigenvalue weighted by molar-refractivity contribution is 5.91. The minimum Gasteiger partial charge on any atom is -0.469 e. The zero-order chi connectivity index (χ0) is 12.0. The van der Waals surface area contributed by atoms with Crippen molar-refractivity contribution in [1.29, 1.82) is 0 Å². The number of ether oxygens (including phenoxy) is 1. The summed E-state index contributed by atoms with van der Waals surface area (Å²) in [6.45, 7) is 1.88. The minimum atomic E-state index is -0.341. The lowest BCUT2D eigenvalue weighted by Gasteiger charge is -2.14. The molecule has 1 heterocycles. The molecule has 1 unspecified atom stereocenters. The van der Waals surface area contributed by atoms with E-state index in [0.717, 1.165) is 0 Å². The first-order valence-electron chi connectivity index (χ1n) is 5.08. The van der Waals surface area contributed by atoms with E-state index in [2.05, 4.69) is 10.1 Å². The minimum absolute atomic E-state index is 0.166. The Hall–Kier alpha value is -1.78. The maximum absolute atomic E-state index is 11.6. The zero-order valence-electron chi connectivity index (χ0n) is 9.36. The third kappa shape index (κ3) is 3.42. The number of carbonyl (C=O) groups is 2. The molecule has 1 atom stereocenters. The van der Waals surface area contributed by atoms with Gasteiger partial charge in [-0.05, 0) is 18.6 Å². The molecule has 0 aliphatic carbocycles. The highest BCUT2D eigenvalue weighted by Gasteiger charge is 2.17. The summed E-state index contributed by atoms with van der Waals surface area (Å²) in [5.41, 5.74) is 0. The molecule has 0 saturated heterocycles. The number of esters is 1.